The summed E-state index contributed by atoms with van der Waals surface area (Å²) in [5.41, 5.74) is 0.518. The molecule has 0 bridgehead atoms. The molecule has 0 spiro atoms. The molecule has 0 aromatic heterocycles. The van der Waals surface area contributed by atoms with Crippen LogP contribution in [0.5, 0.6) is 5.75 Å². The van der Waals surface area contributed by atoms with Gasteiger partial charge in [-0.25, -0.2) is 0 Å². The minimum atomic E-state index is -0.486. The van der Waals surface area contributed by atoms with E-state index < -0.39 is 5.41 Å². The van der Waals surface area contributed by atoms with E-state index in [0.717, 1.165) is 37.0 Å². The molecule has 0 N–H and O–H groups in total. The Morgan fingerprint density at radius 3 is 2.75 bits per heavy atom. The number of carbonyl (C=O) groups excluding carboxylic acids is 1. The number of hydrogen-bond donors (Lipinski definition) is 0. The third-order valence-corrected chi connectivity index (χ3v) is 4.14. The maximum atomic E-state index is 12.8. The molecule has 0 unspecified atom stereocenters. The van der Waals surface area contributed by atoms with Crippen LogP contribution in [0.3, 0.4) is 0 Å². The van der Waals surface area contributed by atoms with Gasteiger partial charge in [0, 0.05) is 7.05 Å². The zero-order chi connectivity index (χ0) is 14.6. The third-order valence-electron chi connectivity index (χ3n) is 4.14. The zero-order valence-electron chi connectivity index (χ0n) is 12.1. The second-order valence-corrected chi connectivity index (χ2v) is 5.34. The van der Waals surface area contributed by atoms with E-state index in [-0.39, 0.29) is 12.5 Å². The standard InChI is InChI=1S/C16H20N2O2/c1-18(11-10-17)15(19)16(8-3-4-9-16)13-6-5-7-14(12-13)20-2/h5-7,12H,3-4,8-9,11H2,1-2H3. The first-order valence-electron chi connectivity index (χ1n) is 6.91. The highest BCUT2D eigenvalue weighted by atomic mass is 16.5. The molecule has 1 fully saturated rings. The molecule has 0 radical (unpaired) electrons. The summed E-state index contributed by atoms with van der Waals surface area (Å²) in [6, 6.07) is 9.79. The van der Waals surface area contributed by atoms with Crippen molar-refractivity contribution in [2.75, 3.05) is 20.7 Å². The van der Waals surface area contributed by atoms with Crippen LogP contribution < -0.4 is 4.74 Å². The van der Waals surface area contributed by atoms with Crippen molar-refractivity contribution in [2.24, 2.45) is 0 Å². The number of likely N-dealkylation sites (N-methyl/N-ethyl adjacent to an activating group) is 1. The van der Waals surface area contributed by atoms with E-state index >= 15 is 0 Å². The Balaban J connectivity index is 2.39. The molecule has 1 aromatic rings. The van der Waals surface area contributed by atoms with E-state index in [0.29, 0.717) is 0 Å². The molecule has 4 heteroatoms. The van der Waals surface area contributed by atoms with Crippen LogP contribution in [-0.4, -0.2) is 31.5 Å². The van der Waals surface area contributed by atoms with Gasteiger partial charge in [-0.2, -0.15) is 5.26 Å². The lowest BCUT2D eigenvalue weighted by atomic mass is 9.77. The summed E-state index contributed by atoms with van der Waals surface area (Å²) in [6.07, 6.45) is 3.77. The van der Waals surface area contributed by atoms with Gasteiger partial charge in [-0.15, -0.1) is 0 Å². The highest BCUT2D eigenvalue weighted by Gasteiger charge is 2.44. The first-order chi connectivity index (χ1) is 9.64. The summed E-state index contributed by atoms with van der Waals surface area (Å²) in [4.78, 5) is 14.3. The Hall–Kier alpha value is -2.02. The molecule has 1 aromatic carbocycles. The van der Waals surface area contributed by atoms with Gasteiger partial charge < -0.3 is 9.64 Å². The molecule has 4 nitrogen and oxygen atoms in total. The lowest BCUT2D eigenvalue weighted by molar-refractivity contribution is -0.135. The largest absolute Gasteiger partial charge is 0.497 e. The molecule has 1 aliphatic rings. The molecule has 1 saturated carbocycles. The number of ether oxygens (including phenoxy) is 1. The summed E-state index contributed by atoms with van der Waals surface area (Å²) in [7, 11) is 3.33. The predicted molar refractivity (Wildman–Crippen MR) is 76.4 cm³/mol. The zero-order valence-corrected chi connectivity index (χ0v) is 12.1. The molecule has 1 aliphatic carbocycles. The molecular formula is C16H20N2O2. The summed E-state index contributed by atoms with van der Waals surface area (Å²) >= 11 is 0. The van der Waals surface area contributed by atoms with Crippen molar-refractivity contribution in [1.82, 2.24) is 4.90 Å². The summed E-state index contributed by atoms with van der Waals surface area (Å²) in [6.45, 7) is 0.130. The highest BCUT2D eigenvalue weighted by molar-refractivity contribution is 5.88. The lowest BCUT2D eigenvalue weighted by Gasteiger charge is -2.32. The Bertz CT molecular complexity index is 528. The van der Waals surface area contributed by atoms with Crippen LogP contribution in [-0.2, 0) is 10.2 Å². The number of amides is 1. The van der Waals surface area contributed by atoms with Gasteiger partial charge in [-0.3, -0.25) is 4.79 Å². The van der Waals surface area contributed by atoms with Gasteiger partial charge in [-0.05, 0) is 30.5 Å². The van der Waals surface area contributed by atoms with Crippen molar-refractivity contribution in [3.05, 3.63) is 29.8 Å². The number of carbonyl (C=O) groups is 1. The second kappa shape index (κ2) is 5.96. The first-order valence-corrected chi connectivity index (χ1v) is 6.91. The molecule has 20 heavy (non-hydrogen) atoms. The van der Waals surface area contributed by atoms with E-state index in [9.17, 15) is 4.79 Å². The summed E-state index contributed by atoms with van der Waals surface area (Å²) in [5, 5.41) is 8.80. The molecule has 0 saturated heterocycles. The van der Waals surface area contributed by atoms with Gasteiger partial charge in [0.15, 0.2) is 0 Å². The van der Waals surface area contributed by atoms with Crippen molar-refractivity contribution in [3.63, 3.8) is 0 Å². The number of nitriles is 1. The minimum absolute atomic E-state index is 0.0461. The fourth-order valence-corrected chi connectivity index (χ4v) is 3.07. The molecule has 0 aliphatic heterocycles. The van der Waals surface area contributed by atoms with Crippen molar-refractivity contribution in [2.45, 2.75) is 31.1 Å². The summed E-state index contributed by atoms with van der Waals surface area (Å²) in [5.74, 6) is 0.814. The Labute approximate surface area is 120 Å². The van der Waals surface area contributed by atoms with Crippen LogP contribution in [0.2, 0.25) is 0 Å². The van der Waals surface area contributed by atoms with E-state index in [2.05, 4.69) is 0 Å². The highest BCUT2D eigenvalue weighted by Crippen LogP contribution is 2.43. The van der Waals surface area contributed by atoms with E-state index in [4.69, 9.17) is 10.00 Å². The second-order valence-electron chi connectivity index (χ2n) is 5.34. The van der Waals surface area contributed by atoms with Crippen LogP contribution in [0.15, 0.2) is 24.3 Å². The smallest absolute Gasteiger partial charge is 0.233 e. The predicted octanol–water partition coefficient (Wildman–Crippen LogP) is 2.49. The Morgan fingerprint density at radius 2 is 2.15 bits per heavy atom. The third kappa shape index (κ3) is 2.49. The van der Waals surface area contributed by atoms with Crippen LogP contribution >= 0.6 is 0 Å². The normalized spacial score (nSPS) is 16.4. The molecule has 2 rings (SSSR count). The van der Waals surface area contributed by atoms with E-state index in [1.165, 1.54) is 4.90 Å². The number of methoxy groups -OCH3 is 1. The van der Waals surface area contributed by atoms with Crippen LogP contribution in [0.25, 0.3) is 0 Å². The Morgan fingerprint density at radius 1 is 1.45 bits per heavy atom. The first kappa shape index (κ1) is 14.4. The fourth-order valence-electron chi connectivity index (χ4n) is 3.07. The number of nitrogens with zero attached hydrogens (tertiary/aromatic N) is 2. The Kier molecular flexibility index (Phi) is 4.29. The fraction of sp³-hybridized carbons (Fsp3) is 0.500. The number of hydrogen-bond acceptors (Lipinski definition) is 3. The molecule has 0 heterocycles. The minimum Gasteiger partial charge on any atom is -0.497 e. The molecule has 0 atom stereocenters. The maximum Gasteiger partial charge on any atom is 0.233 e. The topological polar surface area (TPSA) is 53.3 Å². The maximum absolute atomic E-state index is 12.8. The van der Waals surface area contributed by atoms with Crippen molar-refractivity contribution in [3.8, 4) is 11.8 Å². The van der Waals surface area contributed by atoms with Gasteiger partial charge in [0.25, 0.3) is 0 Å². The van der Waals surface area contributed by atoms with Crippen LogP contribution in [0.1, 0.15) is 31.2 Å². The van der Waals surface area contributed by atoms with Gasteiger partial charge in [0.05, 0.1) is 18.6 Å². The average Bonchev–Trinajstić information content (AvgIpc) is 2.97. The van der Waals surface area contributed by atoms with Crippen molar-refractivity contribution < 1.29 is 9.53 Å². The van der Waals surface area contributed by atoms with Crippen molar-refractivity contribution >= 4 is 5.91 Å². The quantitative estimate of drug-likeness (QED) is 0.791. The van der Waals surface area contributed by atoms with Gasteiger partial charge in [-0.1, -0.05) is 25.0 Å². The van der Waals surface area contributed by atoms with Crippen molar-refractivity contribution in [1.29, 1.82) is 5.26 Å². The van der Waals surface area contributed by atoms with Gasteiger partial charge >= 0.3 is 0 Å². The lowest BCUT2D eigenvalue weighted by Crippen LogP contribution is -2.43. The van der Waals surface area contributed by atoms with E-state index in [1.54, 1.807) is 14.2 Å². The molecular weight excluding hydrogens is 252 g/mol. The van der Waals surface area contributed by atoms with Crippen LogP contribution in [0, 0.1) is 11.3 Å². The van der Waals surface area contributed by atoms with E-state index in [1.807, 2.05) is 30.3 Å². The summed E-state index contributed by atoms with van der Waals surface area (Å²) < 4.78 is 5.27. The van der Waals surface area contributed by atoms with Gasteiger partial charge in [0.2, 0.25) is 5.91 Å². The average molecular weight is 272 g/mol. The molecule has 106 valence electrons. The number of rotatable bonds is 4. The SMILES string of the molecule is COc1cccc(C2(C(=O)N(C)CC#N)CCCC2)c1. The van der Waals surface area contributed by atoms with Crippen LogP contribution in [0.4, 0.5) is 0 Å². The monoisotopic (exact) mass is 272 g/mol. The number of benzene rings is 1. The molecule has 1 amide bonds. The van der Waals surface area contributed by atoms with Gasteiger partial charge in [0.1, 0.15) is 12.3 Å².